The first-order valence-electron chi connectivity index (χ1n) is 2.41. The van der Waals surface area contributed by atoms with Gasteiger partial charge in [-0.15, -0.1) is 0 Å². The lowest BCUT2D eigenvalue weighted by atomic mass is 10.4. The summed E-state index contributed by atoms with van der Waals surface area (Å²) in [7, 11) is 0. The fraction of sp³-hybridized carbons (Fsp3) is 0.750. The molecule has 0 spiro atoms. The number of hydrogen-bond donors (Lipinski definition) is 1. The highest BCUT2D eigenvalue weighted by molar-refractivity contribution is 8.13. The van der Waals surface area contributed by atoms with Crippen molar-refractivity contribution in [2.75, 3.05) is 5.75 Å². The molecule has 1 rings (SSSR count). The van der Waals surface area contributed by atoms with E-state index in [4.69, 9.17) is 0 Å². The van der Waals surface area contributed by atoms with Crippen molar-refractivity contribution in [2.24, 2.45) is 0 Å². The van der Waals surface area contributed by atoms with E-state index in [1.165, 1.54) is 0 Å². The molecule has 1 aliphatic heterocycles. The predicted molar refractivity (Wildman–Crippen MR) is 30.8 cm³/mol. The maximum Gasteiger partial charge on any atom is 0.279 e. The summed E-state index contributed by atoms with van der Waals surface area (Å²) in [6, 6.07) is -0.928. The van der Waals surface area contributed by atoms with Crippen LogP contribution < -0.4 is 5.32 Å². The SMILES string of the molecule is O=C1NC(C(F)F)CS1. The van der Waals surface area contributed by atoms with Gasteiger partial charge in [-0.1, -0.05) is 11.8 Å². The maximum atomic E-state index is 11.7. The summed E-state index contributed by atoms with van der Waals surface area (Å²) in [5.41, 5.74) is 0. The molecule has 0 aromatic rings. The number of nitrogens with one attached hydrogen (secondary N) is 1. The third kappa shape index (κ3) is 1.54. The second-order valence-electron chi connectivity index (χ2n) is 1.68. The maximum absolute atomic E-state index is 11.7. The summed E-state index contributed by atoms with van der Waals surface area (Å²) in [5, 5.41) is 1.78. The summed E-state index contributed by atoms with van der Waals surface area (Å²) in [6.07, 6.45) is -2.43. The van der Waals surface area contributed by atoms with Crippen molar-refractivity contribution in [3.05, 3.63) is 0 Å². The molecule has 0 aromatic heterocycles. The van der Waals surface area contributed by atoms with Crippen molar-refractivity contribution in [2.45, 2.75) is 12.5 Å². The molecule has 52 valence electrons. The van der Waals surface area contributed by atoms with Crippen LogP contribution in [0, 0.1) is 0 Å². The van der Waals surface area contributed by atoms with Gasteiger partial charge in [-0.2, -0.15) is 0 Å². The van der Waals surface area contributed by atoms with Crippen LogP contribution in [0.15, 0.2) is 0 Å². The molecule has 1 saturated heterocycles. The number of thioether (sulfide) groups is 1. The van der Waals surface area contributed by atoms with Crippen molar-refractivity contribution < 1.29 is 13.6 Å². The lowest BCUT2D eigenvalue weighted by Gasteiger charge is -2.04. The number of rotatable bonds is 1. The van der Waals surface area contributed by atoms with Gasteiger partial charge in [-0.25, -0.2) is 8.78 Å². The Labute approximate surface area is 55.0 Å². The summed E-state index contributed by atoms with van der Waals surface area (Å²) < 4.78 is 23.4. The Morgan fingerprint density at radius 1 is 1.78 bits per heavy atom. The largest absolute Gasteiger partial charge is 0.338 e. The second-order valence-corrected chi connectivity index (χ2v) is 2.68. The first-order valence-corrected chi connectivity index (χ1v) is 3.40. The molecule has 9 heavy (non-hydrogen) atoms. The third-order valence-electron chi connectivity index (χ3n) is 1.00. The van der Waals surface area contributed by atoms with E-state index in [1.54, 1.807) is 0 Å². The van der Waals surface area contributed by atoms with E-state index in [0.29, 0.717) is 0 Å². The molecule has 0 radical (unpaired) electrons. The Bertz CT molecular complexity index is 130. The Morgan fingerprint density at radius 3 is 2.67 bits per heavy atom. The molecule has 1 atom stereocenters. The van der Waals surface area contributed by atoms with Crippen LogP contribution in [0.25, 0.3) is 0 Å². The van der Waals surface area contributed by atoms with E-state index < -0.39 is 12.5 Å². The van der Waals surface area contributed by atoms with Crippen LogP contribution in [-0.2, 0) is 0 Å². The van der Waals surface area contributed by atoms with Gasteiger partial charge in [0, 0.05) is 5.75 Å². The fourth-order valence-corrected chi connectivity index (χ4v) is 1.33. The predicted octanol–water partition coefficient (Wildman–Crippen LogP) is 1.08. The minimum Gasteiger partial charge on any atom is -0.338 e. The van der Waals surface area contributed by atoms with Gasteiger partial charge in [-0.3, -0.25) is 4.79 Å². The van der Waals surface area contributed by atoms with Gasteiger partial charge < -0.3 is 5.32 Å². The van der Waals surface area contributed by atoms with Gasteiger partial charge in [0.15, 0.2) is 0 Å². The van der Waals surface area contributed by atoms with Gasteiger partial charge in [0.25, 0.3) is 11.7 Å². The molecule has 1 unspecified atom stereocenters. The molecule has 0 saturated carbocycles. The normalized spacial score (nSPS) is 27.0. The van der Waals surface area contributed by atoms with Crippen molar-refractivity contribution in [3.63, 3.8) is 0 Å². The van der Waals surface area contributed by atoms with Crippen LogP contribution in [0.3, 0.4) is 0 Å². The molecule has 1 fully saturated rings. The smallest absolute Gasteiger partial charge is 0.279 e. The van der Waals surface area contributed by atoms with Crippen molar-refractivity contribution in [3.8, 4) is 0 Å². The second kappa shape index (κ2) is 2.51. The van der Waals surface area contributed by atoms with Crippen molar-refractivity contribution >= 4 is 17.0 Å². The lowest BCUT2D eigenvalue weighted by molar-refractivity contribution is 0.115. The minimum absolute atomic E-state index is 0.191. The molecule has 0 aromatic carbocycles. The molecular formula is C4H5F2NOS. The fourth-order valence-electron chi connectivity index (χ4n) is 0.536. The van der Waals surface area contributed by atoms with Crippen LogP contribution in [0.1, 0.15) is 0 Å². The quantitative estimate of drug-likeness (QED) is 0.610. The van der Waals surface area contributed by atoms with E-state index in [9.17, 15) is 13.6 Å². The van der Waals surface area contributed by atoms with Gasteiger partial charge in [0.1, 0.15) is 0 Å². The molecule has 0 aliphatic carbocycles. The van der Waals surface area contributed by atoms with E-state index in [1.807, 2.05) is 0 Å². The molecule has 2 nitrogen and oxygen atoms in total. The van der Waals surface area contributed by atoms with Crippen molar-refractivity contribution in [1.29, 1.82) is 0 Å². The molecule has 0 bridgehead atoms. The molecule has 1 amide bonds. The topological polar surface area (TPSA) is 29.1 Å². The van der Waals surface area contributed by atoms with Gasteiger partial charge >= 0.3 is 0 Å². The zero-order chi connectivity index (χ0) is 6.85. The average Bonchev–Trinajstić information content (AvgIpc) is 2.14. The Morgan fingerprint density at radius 2 is 2.44 bits per heavy atom. The highest BCUT2D eigenvalue weighted by Crippen LogP contribution is 2.17. The van der Waals surface area contributed by atoms with E-state index >= 15 is 0 Å². The van der Waals surface area contributed by atoms with Crippen LogP contribution >= 0.6 is 11.8 Å². The molecule has 1 N–H and O–H groups in total. The minimum atomic E-state index is -2.43. The third-order valence-corrected chi connectivity index (χ3v) is 1.91. The Kier molecular flexibility index (Phi) is 1.90. The number of carbonyl (C=O) groups excluding carboxylic acids is 1. The summed E-state index contributed by atoms with van der Waals surface area (Å²) in [6.45, 7) is 0. The highest BCUT2D eigenvalue weighted by Gasteiger charge is 2.28. The van der Waals surface area contributed by atoms with Crippen LogP contribution in [0.5, 0.6) is 0 Å². The molecular weight excluding hydrogens is 148 g/mol. The number of halogens is 2. The number of carbonyl (C=O) groups is 1. The average molecular weight is 153 g/mol. The van der Waals surface area contributed by atoms with Gasteiger partial charge in [0.05, 0.1) is 6.04 Å². The van der Waals surface area contributed by atoms with E-state index in [2.05, 4.69) is 5.32 Å². The lowest BCUT2D eigenvalue weighted by Crippen LogP contribution is -2.32. The number of alkyl halides is 2. The Hall–Kier alpha value is -0.320. The molecule has 5 heteroatoms. The van der Waals surface area contributed by atoms with E-state index in [0.717, 1.165) is 11.8 Å². The van der Waals surface area contributed by atoms with E-state index in [-0.39, 0.29) is 11.0 Å². The summed E-state index contributed by atoms with van der Waals surface area (Å²) in [5.74, 6) is 0.191. The highest BCUT2D eigenvalue weighted by atomic mass is 32.2. The summed E-state index contributed by atoms with van der Waals surface area (Å²) >= 11 is 0.904. The first-order chi connectivity index (χ1) is 4.20. The van der Waals surface area contributed by atoms with Crippen LogP contribution in [-0.4, -0.2) is 23.5 Å². The number of amides is 1. The van der Waals surface area contributed by atoms with Gasteiger partial charge in [-0.05, 0) is 0 Å². The zero-order valence-electron chi connectivity index (χ0n) is 4.43. The number of hydrogen-bond acceptors (Lipinski definition) is 2. The molecule has 1 heterocycles. The monoisotopic (exact) mass is 153 g/mol. The van der Waals surface area contributed by atoms with Crippen LogP contribution in [0.2, 0.25) is 0 Å². The Balaban J connectivity index is 2.39. The summed E-state index contributed by atoms with van der Waals surface area (Å²) in [4.78, 5) is 10.3. The molecule has 1 aliphatic rings. The van der Waals surface area contributed by atoms with Crippen LogP contribution in [0.4, 0.5) is 13.6 Å². The van der Waals surface area contributed by atoms with Crippen molar-refractivity contribution in [1.82, 2.24) is 5.32 Å². The standard InChI is InChI=1S/C4H5F2NOS/c5-3(6)2-1-9-4(8)7-2/h2-3H,1H2,(H,7,8). The van der Waals surface area contributed by atoms with Gasteiger partial charge in [0.2, 0.25) is 0 Å². The zero-order valence-corrected chi connectivity index (χ0v) is 5.25. The first kappa shape index (κ1) is 6.80.